The molecular formula is C16H22FN3O3. The van der Waals surface area contributed by atoms with Crippen LogP contribution in [0.15, 0.2) is 24.3 Å². The molecule has 7 heteroatoms. The molecule has 1 aliphatic heterocycles. The van der Waals surface area contributed by atoms with Crippen molar-refractivity contribution in [3.8, 4) is 0 Å². The third-order valence-corrected chi connectivity index (χ3v) is 3.99. The van der Waals surface area contributed by atoms with Crippen molar-refractivity contribution in [2.45, 2.75) is 12.5 Å². The van der Waals surface area contributed by atoms with Gasteiger partial charge in [0.2, 0.25) is 5.91 Å². The highest BCUT2D eigenvalue weighted by Gasteiger charge is 2.26. The number of hydrogen-bond donors (Lipinski definition) is 1. The Labute approximate surface area is 135 Å². The van der Waals surface area contributed by atoms with Crippen LogP contribution < -0.4 is 5.73 Å². The maximum atomic E-state index is 13.2. The molecule has 1 unspecified atom stereocenters. The Balaban J connectivity index is 1.88. The molecule has 1 atom stereocenters. The average Bonchev–Trinajstić information content (AvgIpc) is 2.59. The normalized spacial score (nSPS) is 16.3. The molecule has 6 nitrogen and oxygen atoms in total. The van der Waals surface area contributed by atoms with Crippen LogP contribution in [-0.4, -0.2) is 67.6 Å². The van der Waals surface area contributed by atoms with Gasteiger partial charge in [0.05, 0.1) is 12.5 Å². The summed E-state index contributed by atoms with van der Waals surface area (Å²) in [5, 5.41) is 0. The van der Waals surface area contributed by atoms with E-state index < -0.39 is 5.82 Å². The second kappa shape index (κ2) is 8.03. The second-order valence-electron chi connectivity index (χ2n) is 5.48. The molecule has 0 bridgehead atoms. The third-order valence-electron chi connectivity index (χ3n) is 3.99. The fourth-order valence-electron chi connectivity index (χ4n) is 2.55. The van der Waals surface area contributed by atoms with Crippen LogP contribution >= 0.6 is 0 Å². The van der Waals surface area contributed by atoms with Gasteiger partial charge in [-0.2, -0.15) is 0 Å². The van der Waals surface area contributed by atoms with E-state index in [9.17, 15) is 14.0 Å². The summed E-state index contributed by atoms with van der Waals surface area (Å²) in [6, 6.07) is 5.63. The van der Waals surface area contributed by atoms with E-state index >= 15 is 0 Å². The lowest BCUT2D eigenvalue weighted by molar-refractivity contribution is -0.135. The Hall–Kier alpha value is -1.99. The van der Waals surface area contributed by atoms with Crippen LogP contribution in [0.2, 0.25) is 0 Å². The summed E-state index contributed by atoms with van der Waals surface area (Å²) in [5.41, 5.74) is 5.85. The van der Waals surface area contributed by atoms with Crippen molar-refractivity contribution in [2.24, 2.45) is 5.73 Å². The van der Waals surface area contributed by atoms with Gasteiger partial charge in [-0.25, -0.2) is 4.39 Å². The highest BCUT2D eigenvalue weighted by atomic mass is 19.1. The summed E-state index contributed by atoms with van der Waals surface area (Å²) < 4.78 is 18.3. The van der Waals surface area contributed by atoms with Gasteiger partial charge in [-0.1, -0.05) is 6.07 Å². The number of benzene rings is 1. The quantitative estimate of drug-likeness (QED) is 0.855. The molecule has 2 N–H and O–H groups in total. The second-order valence-corrected chi connectivity index (χ2v) is 5.48. The maximum absolute atomic E-state index is 13.2. The van der Waals surface area contributed by atoms with Crippen molar-refractivity contribution in [1.82, 2.24) is 9.80 Å². The van der Waals surface area contributed by atoms with E-state index in [1.54, 1.807) is 15.9 Å². The monoisotopic (exact) mass is 323 g/mol. The highest BCUT2D eigenvalue weighted by Crippen LogP contribution is 2.11. The van der Waals surface area contributed by atoms with Gasteiger partial charge < -0.3 is 20.3 Å². The molecule has 2 rings (SSSR count). The SMILES string of the molecule is COC(CN)CC(=O)N1CCN(C(=O)c2cccc(F)c2)CC1. The van der Waals surface area contributed by atoms with Gasteiger partial charge in [0.1, 0.15) is 5.82 Å². The number of methoxy groups -OCH3 is 1. The van der Waals surface area contributed by atoms with Crippen molar-refractivity contribution < 1.29 is 18.7 Å². The lowest BCUT2D eigenvalue weighted by Gasteiger charge is -2.35. The standard InChI is InChI=1S/C16H22FN3O3/c1-23-14(11-18)10-15(21)19-5-7-20(8-6-19)16(22)12-3-2-4-13(17)9-12/h2-4,9,14H,5-8,10-11,18H2,1H3. The van der Waals surface area contributed by atoms with E-state index in [4.69, 9.17) is 10.5 Å². The van der Waals surface area contributed by atoms with Gasteiger partial charge in [0, 0.05) is 45.4 Å². The molecule has 1 heterocycles. The zero-order valence-corrected chi connectivity index (χ0v) is 13.2. The molecule has 0 radical (unpaired) electrons. The Kier molecular flexibility index (Phi) is 6.06. The summed E-state index contributed by atoms with van der Waals surface area (Å²) in [6.07, 6.45) is -0.0420. The summed E-state index contributed by atoms with van der Waals surface area (Å²) in [7, 11) is 1.53. The Bertz CT molecular complexity index is 555. The van der Waals surface area contributed by atoms with Crippen LogP contribution in [0.3, 0.4) is 0 Å². The van der Waals surface area contributed by atoms with Crippen molar-refractivity contribution in [1.29, 1.82) is 0 Å². The molecule has 1 fully saturated rings. The van der Waals surface area contributed by atoms with Gasteiger partial charge in [-0.3, -0.25) is 9.59 Å². The minimum atomic E-state index is -0.433. The minimum Gasteiger partial charge on any atom is -0.380 e. The highest BCUT2D eigenvalue weighted by molar-refractivity contribution is 5.94. The Morgan fingerprint density at radius 2 is 1.91 bits per heavy atom. The summed E-state index contributed by atoms with van der Waals surface area (Å²) >= 11 is 0. The van der Waals surface area contributed by atoms with Crippen molar-refractivity contribution in [3.63, 3.8) is 0 Å². The third kappa shape index (κ3) is 4.49. The first-order valence-corrected chi connectivity index (χ1v) is 7.60. The van der Waals surface area contributed by atoms with E-state index in [0.29, 0.717) is 38.3 Å². The van der Waals surface area contributed by atoms with Crippen molar-refractivity contribution in [3.05, 3.63) is 35.6 Å². The molecule has 0 saturated carbocycles. The molecule has 0 aliphatic carbocycles. The number of halogens is 1. The Morgan fingerprint density at radius 1 is 1.26 bits per heavy atom. The molecule has 0 aromatic heterocycles. The van der Waals surface area contributed by atoms with Gasteiger partial charge in [-0.15, -0.1) is 0 Å². The number of amides is 2. The van der Waals surface area contributed by atoms with Crippen LogP contribution in [0, 0.1) is 5.82 Å². The number of carbonyl (C=O) groups excluding carboxylic acids is 2. The number of hydrogen-bond acceptors (Lipinski definition) is 4. The van der Waals surface area contributed by atoms with Gasteiger partial charge in [0.25, 0.3) is 5.91 Å². The largest absolute Gasteiger partial charge is 0.380 e. The molecule has 1 saturated heterocycles. The first kappa shape index (κ1) is 17.4. The Morgan fingerprint density at radius 3 is 2.48 bits per heavy atom. The molecule has 2 amide bonds. The van der Waals surface area contributed by atoms with Crippen LogP contribution in [0.5, 0.6) is 0 Å². The van der Waals surface area contributed by atoms with E-state index in [2.05, 4.69) is 0 Å². The molecule has 0 spiro atoms. The number of nitrogens with two attached hydrogens (primary N) is 1. The molecule has 1 aromatic carbocycles. The molecule has 1 aromatic rings. The summed E-state index contributed by atoms with van der Waals surface area (Å²) in [6.45, 7) is 2.07. The van der Waals surface area contributed by atoms with E-state index in [0.717, 1.165) is 0 Å². The lowest BCUT2D eigenvalue weighted by Crippen LogP contribution is -2.51. The van der Waals surface area contributed by atoms with Gasteiger partial charge in [-0.05, 0) is 18.2 Å². The number of ether oxygens (including phenoxy) is 1. The fourth-order valence-corrected chi connectivity index (χ4v) is 2.55. The number of nitrogens with zero attached hydrogens (tertiary/aromatic N) is 2. The van der Waals surface area contributed by atoms with Crippen LogP contribution in [0.4, 0.5) is 4.39 Å². The van der Waals surface area contributed by atoms with E-state index in [1.165, 1.54) is 25.3 Å². The number of rotatable bonds is 5. The van der Waals surface area contributed by atoms with Crippen LogP contribution in [0.25, 0.3) is 0 Å². The molecule has 1 aliphatic rings. The predicted octanol–water partition coefficient (Wildman–Crippen LogP) is 0.474. The minimum absolute atomic E-state index is 0.0276. The number of carbonyl (C=O) groups is 2. The smallest absolute Gasteiger partial charge is 0.254 e. The van der Waals surface area contributed by atoms with Crippen molar-refractivity contribution in [2.75, 3.05) is 39.8 Å². The first-order valence-electron chi connectivity index (χ1n) is 7.60. The molecule has 23 heavy (non-hydrogen) atoms. The first-order chi connectivity index (χ1) is 11.0. The topological polar surface area (TPSA) is 75.9 Å². The molecular weight excluding hydrogens is 301 g/mol. The van der Waals surface area contributed by atoms with Crippen LogP contribution in [0.1, 0.15) is 16.8 Å². The number of piperazine rings is 1. The lowest BCUT2D eigenvalue weighted by atomic mass is 10.1. The van der Waals surface area contributed by atoms with Crippen molar-refractivity contribution >= 4 is 11.8 Å². The van der Waals surface area contributed by atoms with Gasteiger partial charge >= 0.3 is 0 Å². The fraction of sp³-hybridized carbons (Fsp3) is 0.500. The van der Waals surface area contributed by atoms with E-state index in [1.807, 2.05) is 0 Å². The molecule has 126 valence electrons. The zero-order valence-electron chi connectivity index (χ0n) is 13.2. The summed E-state index contributed by atoms with van der Waals surface area (Å²) in [4.78, 5) is 27.8. The zero-order chi connectivity index (χ0) is 16.8. The predicted molar refractivity (Wildman–Crippen MR) is 83.4 cm³/mol. The maximum Gasteiger partial charge on any atom is 0.254 e. The summed E-state index contributed by atoms with van der Waals surface area (Å²) in [5.74, 6) is -0.675. The van der Waals surface area contributed by atoms with Crippen LogP contribution in [-0.2, 0) is 9.53 Å². The average molecular weight is 323 g/mol. The van der Waals surface area contributed by atoms with E-state index in [-0.39, 0.29) is 24.3 Å². The van der Waals surface area contributed by atoms with Gasteiger partial charge in [0.15, 0.2) is 0 Å².